The number of carbonyl (C=O) groups excluding carboxylic acids is 1. The predicted octanol–water partition coefficient (Wildman–Crippen LogP) is 0.190. The van der Waals surface area contributed by atoms with E-state index in [1.165, 1.54) is 0 Å². The number of anilines is 1. The molecule has 0 spiro atoms. The summed E-state index contributed by atoms with van der Waals surface area (Å²) in [4.78, 5) is 13.9. The van der Waals surface area contributed by atoms with Crippen molar-refractivity contribution in [3.8, 4) is 6.07 Å². The first kappa shape index (κ1) is 14.5. The van der Waals surface area contributed by atoms with E-state index in [4.69, 9.17) is 10.00 Å². The third-order valence-electron chi connectivity index (χ3n) is 3.20. The van der Waals surface area contributed by atoms with Crippen LogP contribution in [-0.2, 0) is 9.53 Å². The Morgan fingerprint density at radius 2 is 2.25 bits per heavy atom. The standard InChI is InChI=1S/C14H17N3O3/c15-7-11-1-3-12(4-2-11)16-14(19)8-17-5-6-20-10-13(17)9-18/h1-4,13,18H,5-6,8-10H2,(H,16,19). The van der Waals surface area contributed by atoms with Crippen molar-refractivity contribution in [1.29, 1.82) is 5.26 Å². The van der Waals surface area contributed by atoms with E-state index >= 15 is 0 Å². The van der Waals surface area contributed by atoms with Gasteiger partial charge in [-0.2, -0.15) is 5.26 Å². The molecule has 1 aliphatic heterocycles. The van der Waals surface area contributed by atoms with Gasteiger partial charge in [-0.05, 0) is 24.3 Å². The van der Waals surface area contributed by atoms with Crippen molar-refractivity contribution in [2.45, 2.75) is 6.04 Å². The fourth-order valence-corrected chi connectivity index (χ4v) is 2.08. The Bertz CT molecular complexity index is 495. The summed E-state index contributed by atoms with van der Waals surface area (Å²) >= 11 is 0. The van der Waals surface area contributed by atoms with Crippen LogP contribution in [0.4, 0.5) is 5.69 Å². The van der Waals surface area contributed by atoms with Gasteiger partial charge in [0.2, 0.25) is 5.91 Å². The van der Waals surface area contributed by atoms with Crippen LogP contribution in [-0.4, -0.2) is 54.9 Å². The molecule has 1 heterocycles. The highest BCUT2D eigenvalue weighted by Crippen LogP contribution is 2.10. The topological polar surface area (TPSA) is 85.6 Å². The van der Waals surface area contributed by atoms with Gasteiger partial charge >= 0.3 is 0 Å². The second-order valence-corrected chi connectivity index (χ2v) is 4.62. The fourth-order valence-electron chi connectivity index (χ4n) is 2.08. The first-order valence-corrected chi connectivity index (χ1v) is 6.45. The van der Waals surface area contributed by atoms with E-state index in [0.29, 0.717) is 31.0 Å². The minimum Gasteiger partial charge on any atom is -0.395 e. The van der Waals surface area contributed by atoms with Crippen LogP contribution in [0.2, 0.25) is 0 Å². The van der Waals surface area contributed by atoms with Crippen molar-refractivity contribution in [3.05, 3.63) is 29.8 Å². The van der Waals surface area contributed by atoms with Crippen molar-refractivity contribution >= 4 is 11.6 Å². The number of hydrogen-bond acceptors (Lipinski definition) is 5. The smallest absolute Gasteiger partial charge is 0.238 e. The molecule has 106 valence electrons. The van der Waals surface area contributed by atoms with Gasteiger partial charge in [0.15, 0.2) is 0 Å². The van der Waals surface area contributed by atoms with Crippen LogP contribution in [0, 0.1) is 11.3 Å². The third kappa shape index (κ3) is 3.78. The zero-order chi connectivity index (χ0) is 14.4. The first-order valence-electron chi connectivity index (χ1n) is 6.45. The van der Waals surface area contributed by atoms with Crippen LogP contribution in [0.25, 0.3) is 0 Å². The monoisotopic (exact) mass is 275 g/mol. The number of nitrogens with zero attached hydrogens (tertiary/aromatic N) is 2. The lowest BCUT2D eigenvalue weighted by Crippen LogP contribution is -2.50. The number of carbonyl (C=O) groups is 1. The second-order valence-electron chi connectivity index (χ2n) is 4.62. The Kier molecular flexibility index (Phi) is 5.07. The van der Waals surface area contributed by atoms with Crippen LogP contribution >= 0.6 is 0 Å². The number of morpholine rings is 1. The Morgan fingerprint density at radius 1 is 1.50 bits per heavy atom. The number of rotatable bonds is 4. The molecule has 1 saturated heterocycles. The maximum absolute atomic E-state index is 12.0. The summed E-state index contributed by atoms with van der Waals surface area (Å²) in [5, 5.41) is 20.7. The second kappa shape index (κ2) is 7.01. The fraction of sp³-hybridized carbons (Fsp3) is 0.429. The van der Waals surface area contributed by atoms with Gasteiger partial charge in [-0.25, -0.2) is 0 Å². The van der Waals surface area contributed by atoms with Crippen molar-refractivity contribution in [2.24, 2.45) is 0 Å². The van der Waals surface area contributed by atoms with E-state index in [1.807, 2.05) is 11.0 Å². The number of aliphatic hydroxyl groups is 1. The number of hydrogen-bond donors (Lipinski definition) is 2. The van der Waals surface area contributed by atoms with Crippen LogP contribution < -0.4 is 5.32 Å². The van der Waals surface area contributed by atoms with Crippen molar-refractivity contribution in [2.75, 3.05) is 38.2 Å². The van der Waals surface area contributed by atoms with E-state index in [1.54, 1.807) is 24.3 Å². The summed E-state index contributed by atoms with van der Waals surface area (Å²) in [6, 6.07) is 8.59. The lowest BCUT2D eigenvalue weighted by molar-refractivity contribution is -0.120. The number of nitriles is 1. The van der Waals surface area contributed by atoms with Gasteiger partial charge in [-0.15, -0.1) is 0 Å². The van der Waals surface area contributed by atoms with Gasteiger partial charge in [0.25, 0.3) is 0 Å². The number of amides is 1. The average molecular weight is 275 g/mol. The summed E-state index contributed by atoms with van der Waals surface area (Å²) in [7, 11) is 0. The van der Waals surface area contributed by atoms with Gasteiger partial charge in [-0.1, -0.05) is 0 Å². The molecule has 1 aliphatic rings. The highest BCUT2D eigenvalue weighted by Gasteiger charge is 2.24. The molecule has 6 nitrogen and oxygen atoms in total. The highest BCUT2D eigenvalue weighted by molar-refractivity contribution is 5.92. The zero-order valence-electron chi connectivity index (χ0n) is 11.1. The largest absolute Gasteiger partial charge is 0.395 e. The maximum atomic E-state index is 12.0. The molecule has 2 N–H and O–H groups in total. The van der Waals surface area contributed by atoms with Gasteiger partial charge < -0.3 is 15.2 Å². The van der Waals surface area contributed by atoms with Crippen LogP contribution in [0.5, 0.6) is 0 Å². The van der Waals surface area contributed by atoms with Crippen molar-refractivity contribution < 1.29 is 14.6 Å². The Hall–Kier alpha value is -1.94. The van der Waals surface area contributed by atoms with Crippen LogP contribution in [0.3, 0.4) is 0 Å². The molecule has 1 atom stereocenters. The molecule has 0 saturated carbocycles. The molecule has 0 aromatic heterocycles. The van der Waals surface area contributed by atoms with E-state index in [9.17, 15) is 9.90 Å². The van der Waals surface area contributed by atoms with Gasteiger partial charge in [0.05, 0.1) is 44.0 Å². The lowest BCUT2D eigenvalue weighted by Gasteiger charge is -2.33. The number of nitrogens with one attached hydrogen (secondary N) is 1. The molecule has 0 bridgehead atoms. The lowest BCUT2D eigenvalue weighted by atomic mass is 10.2. The molecule has 2 rings (SSSR count). The number of ether oxygens (including phenoxy) is 1. The molecule has 1 aromatic carbocycles. The Morgan fingerprint density at radius 3 is 2.90 bits per heavy atom. The van der Waals surface area contributed by atoms with Crippen molar-refractivity contribution in [1.82, 2.24) is 4.90 Å². The molecule has 20 heavy (non-hydrogen) atoms. The SMILES string of the molecule is N#Cc1ccc(NC(=O)CN2CCOCC2CO)cc1. The average Bonchev–Trinajstić information content (AvgIpc) is 2.48. The minimum absolute atomic E-state index is 0.0237. The number of benzene rings is 1. The molecule has 0 radical (unpaired) electrons. The van der Waals surface area contributed by atoms with Crippen LogP contribution in [0.1, 0.15) is 5.56 Å². The molecule has 0 aliphatic carbocycles. The van der Waals surface area contributed by atoms with E-state index in [-0.39, 0.29) is 25.1 Å². The summed E-state index contributed by atoms with van der Waals surface area (Å²) in [6.45, 7) is 1.84. The maximum Gasteiger partial charge on any atom is 0.238 e. The molecule has 1 amide bonds. The van der Waals surface area contributed by atoms with Gasteiger partial charge in [0.1, 0.15) is 0 Å². The Balaban J connectivity index is 1.89. The summed E-state index contributed by atoms with van der Waals surface area (Å²) < 4.78 is 5.26. The predicted molar refractivity (Wildman–Crippen MR) is 73.1 cm³/mol. The van der Waals surface area contributed by atoms with E-state index in [2.05, 4.69) is 5.32 Å². The normalized spacial score (nSPS) is 19.3. The minimum atomic E-state index is -0.143. The molecule has 1 aromatic rings. The van der Waals surface area contributed by atoms with E-state index in [0.717, 1.165) is 0 Å². The molecule has 1 unspecified atom stereocenters. The van der Waals surface area contributed by atoms with Gasteiger partial charge in [0, 0.05) is 12.2 Å². The molecule has 6 heteroatoms. The summed E-state index contributed by atoms with van der Waals surface area (Å²) in [5.74, 6) is -0.143. The Labute approximate surface area is 117 Å². The molecular weight excluding hydrogens is 258 g/mol. The van der Waals surface area contributed by atoms with Crippen LogP contribution in [0.15, 0.2) is 24.3 Å². The first-order chi connectivity index (χ1) is 9.72. The third-order valence-corrected chi connectivity index (χ3v) is 3.20. The van der Waals surface area contributed by atoms with Gasteiger partial charge in [-0.3, -0.25) is 9.69 Å². The highest BCUT2D eigenvalue weighted by atomic mass is 16.5. The molecular formula is C14H17N3O3. The van der Waals surface area contributed by atoms with Crippen molar-refractivity contribution in [3.63, 3.8) is 0 Å². The number of aliphatic hydroxyl groups excluding tert-OH is 1. The molecule has 1 fully saturated rings. The quantitative estimate of drug-likeness (QED) is 0.819. The summed E-state index contributed by atoms with van der Waals surface area (Å²) in [6.07, 6.45) is 0. The van der Waals surface area contributed by atoms with E-state index < -0.39 is 0 Å². The zero-order valence-corrected chi connectivity index (χ0v) is 11.1. The summed E-state index contributed by atoms with van der Waals surface area (Å²) in [5.41, 5.74) is 1.21.